The Morgan fingerprint density at radius 1 is 1.00 bits per heavy atom. The molecular formula is C35H48N6O5. The third-order valence-corrected chi connectivity index (χ3v) is 11.6. The number of carbonyl (C=O) groups excluding carboxylic acids is 4. The van der Waals surface area contributed by atoms with E-state index in [0.717, 1.165) is 50.5 Å². The molecular weight excluding hydrogens is 584 g/mol. The van der Waals surface area contributed by atoms with Crippen LogP contribution in [0.4, 0.5) is 10.5 Å². The van der Waals surface area contributed by atoms with E-state index in [-0.39, 0.29) is 41.0 Å². The fourth-order valence-electron chi connectivity index (χ4n) is 7.86. The number of carbonyl (C=O) groups is 4. The molecule has 1 aliphatic heterocycles. The molecule has 46 heavy (non-hydrogen) atoms. The summed E-state index contributed by atoms with van der Waals surface area (Å²) < 4.78 is 6.49. The van der Waals surface area contributed by atoms with Crippen molar-refractivity contribution in [1.82, 2.24) is 25.3 Å². The smallest absolute Gasteiger partial charge is 0.409 e. The van der Waals surface area contributed by atoms with Gasteiger partial charge in [-0.15, -0.1) is 0 Å². The second-order valence-corrected chi connectivity index (χ2v) is 14.8. The van der Waals surface area contributed by atoms with Crippen LogP contribution in [-0.4, -0.2) is 71.3 Å². The van der Waals surface area contributed by atoms with Gasteiger partial charge in [-0.2, -0.15) is 5.10 Å². The van der Waals surface area contributed by atoms with E-state index in [9.17, 15) is 19.2 Å². The number of aromatic nitrogens is 2. The molecule has 11 heteroatoms. The lowest BCUT2D eigenvalue weighted by atomic mass is 9.66. The van der Waals surface area contributed by atoms with E-state index in [0.29, 0.717) is 36.8 Å². The van der Waals surface area contributed by atoms with Crippen molar-refractivity contribution in [2.75, 3.05) is 32.1 Å². The molecule has 0 bridgehead atoms. The van der Waals surface area contributed by atoms with Crippen molar-refractivity contribution in [2.45, 2.75) is 83.1 Å². The van der Waals surface area contributed by atoms with Gasteiger partial charge in [-0.3, -0.25) is 19.1 Å². The van der Waals surface area contributed by atoms with Crippen molar-refractivity contribution in [3.05, 3.63) is 47.8 Å². The predicted molar refractivity (Wildman–Crippen MR) is 173 cm³/mol. The molecule has 1 aromatic heterocycles. The summed E-state index contributed by atoms with van der Waals surface area (Å²) in [4.78, 5) is 55.3. The highest BCUT2D eigenvalue weighted by atomic mass is 16.5. The number of aryl methyl sites for hydroxylation is 1. The highest BCUT2D eigenvalue weighted by Crippen LogP contribution is 2.58. The normalized spacial score (nSPS) is 24.1. The molecule has 4 aliphatic rings. The molecule has 3 atom stereocenters. The average molecular weight is 633 g/mol. The number of hydrogen-bond acceptors (Lipinski definition) is 6. The summed E-state index contributed by atoms with van der Waals surface area (Å²) >= 11 is 0. The van der Waals surface area contributed by atoms with E-state index < -0.39 is 17.6 Å². The second kappa shape index (κ2) is 12.4. The first-order chi connectivity index (χ1) is 22.0. The first-order valence-corrected chi connectivity index (χ1v) is 16.8. The van der Waals surface area contributed by atoms with Crippen LogP contribution < -0.4 is 16.0 Å². The molecule has 4 fully saturated rings. The van der Waals surface area contributed by atoms with E-state index >= 15 is 0 Å². The molecule has 11 nitrogen and oxygen atoms in total. The molecule has 6 rings (SSSR count). The zero-order valence-corrected chi connectivity index (χ0v) is 27.6. The minimum atomic E-state index is -0.924. The summed E-state index contributed by atoms with van der Waals surface area (Å²) in [6.45, 7) is 5.66. The maximum atomic E-state index is 14.1. The Kier molecular flexibility index (Phi) is 8.63. The lowest BCUT2D eigenvalue weighted by Gasteiger charge is -2.42. The Hall–Kier alpha value is -3.89. The van der Waals surface area contributed by atoms with Gasteiger partial charge in [0.15, 0.2) is 0 Å². The van der Waals surface area contributed by atoms with Crippen LogP contribution >= 0.6 is 0 Å². The van der Waals surface area contributed by atoms with Crippen LogP contribution in [0.15, 0.2) is 36.5 Å². The van der Waals surface area contributed by atoms with E-state index in [1.807, 2.05) is 24.3 Å². The molecule has 0 spiro atoms. The standard InChI is InChI=1S/C35H48N6O5/c1-33(14-6-15-33)21-36-31(44)35(18-20-41(22-35)32(45)46-4)24-9-11-25(12-10-24)38-30(43)28(39-29(42)26-13-19-37-40(26)3)27(23-7-5-8-23)34(2)16-17-34/h9-13,19,23,27-28H,5-8,14-18,20-22H2,1-4H3,(H,36,44)(H,38,43)(H,39,42)/t27?,28-,35?/m0/s1. The maximum Gasteiger partial charge on any atom is 0.409 e. The van der Waals surface area contributed by atoms with Crippen LogP contribution in [0.2, 0.25) is 0 Å². The van der Waals surface area contributed by atoms with Crippen molar-refractivity contribution >= 4 is 29.5 Å². The molecule has 2 heterocycles. The van der Waals surface area contributed by atoms with E-state index in [1.165, 1.54) is 18.2 Å². The topological polar surface area (TPSA) is 135 Å². The second-order valence-electron chi connectivity index (χ2n) is 14.8. The molecule has 1 aromatic carbocycles. The molecule has 2 aromatic rings. The highest BCUT2D eigenvalue weighted by molar-refractivity contribution is 6.01. The summed E-state index contributed by atoms with van der Waals surface area (Å²) in [6.07, 6.45) is 10.3. The fraction of sp³-hybridized carbons (Fsp3) is 0.629. The van der Waals surface area contributed by atoms with Gasteiger partial charge in [-0.05, 0) is 78.5 Å². The molecule has 248 valence electrons. The fourth-order valence-corrected chi connectivity index (χ4v) is 7.86. The summed E-state index contributed by atoms with van der Waals surface area (Å²) in [5.41, 5.74) is 0.980. The molecule has 1 saturated heterocycles. The SMILES string of the molecule is COC(=O)N1CCC(C(=O)NCC2(C)CCC2)(c2ccc(NC(=O)[C@@H](NC(=O)c3ccnn3C)C(C3CCC3)C3(C)CC3)cc2)C1. The number of amides is 4. The number of ether oxygens (including phenoxy) is 1. The number of methoxy groups -OCH3 is 1. The molecule has 3 aliphatic carbocycles. The average Bonchev–Trinajstić information content (AvgIpc) is 3.37. The Morgan fingerprint density at radius 3 is 2.26 bits per heavy atom. The lowest BCUT2D eigenvalue weighted by molar-refractivity contribution is -0.127. The number of anilines is 1. The number of nitrogens with zero attached hydrogens (tertiary/aromatic N) is 3. The van der Waals surface area contributed by atoms with Gasteiger partial charge in [0.2, 0.25) is 11.8 Å². The van der Waals surface area contributed by atoms with Crippen LogP contribution in [0, 0.1) is 22.7 Å². The summed E-state index contributed by atoms with van der Waals surface area (Å²) in [7, 11) is 3.06. The Morgan fingerprint density at radius 2 is 1.72 bits per heavy atom. The predicted octanol–water partition coefficient (Wildman–Crippen LogP) is 4.39. The van der Waals surface area contributed by atoms with Crippen LogP contribution in [-0.2, 0) is 26.8 Å². The Labute approximate surface area is 271 Å². The first kappa shape index (κ1) is 32.1. The minimum Gasteiger partial charge on any atom is -0.453 e. The number of likely N-dealkylation sites (tertiary alicyclic amines) is 1. The van der Waals surface area contributed by atoms with Crippen molar-refractivity contribution < 1.29 is 23.9 Å². The van der Waals surface area contributed by atoms with E-state index in [4.69, 9.17) is 4.74 Å². The zero-order chi connectivity index (χ0) is 32.7. The van der Waals surface area contributed by atoms with Crippen molar-refractivity contribution in [2.24, 2.45) is 29.7 Å². The quantitative estimate of drug-likeness (QED) is 0.337. The monoisotopic (exact) mass is 632 g/mol. The van der Waals surface area contributed by atoms with Gasteiger partial charge in [0.25, 0.3) is 5.91 Å². The summed E-state index contributed by atoms with van der Waals surface area (Å²) in [6, 6.07) is 8.32. The highest BCUT2D eigenvalue weighted by Gasteiger charge is 2.54. The van der Waals surface area contributed by atoms with Gasteiger partial charge in [-0.1, -0.05) is 51.7 Å². The number of nitrogens with one attached hydrogen (secondary N) is 3. The number of rotatable bonds is 11. The summed E-state index contributed by atoms with van der Waals surface area (Å²) in [5.74, 6) is -0.234. The third kappa shape index (κ3) is 6.12. The van der Waals surface area contributed by atoms with Crippen molar-refractivity contribution in [3.63, 3.8) is 0 Å². The molecule has 2 unspecified atom stereocenters. The minimum absolute atomic E-state index is 0.0148. The van der Waals surface area contributed by atoms with Gasteiger partial charge < -0.3 is 25.6 Å². The molecule has 3 N–H and O–H groups in total. The third-order valence-electron chi connectivity index (χ3n) is 11.6. The lowest BCUT2D eigenvalue weighted by Crippen LogP contribution is -2.54. The zero-order valence-electron chi connectivity index (χ0n) is 27.6. The van der Waals surface area contributed by atoms with Crippen molar-refractivity contribution in [3.8, 4) is 0 Å². The maximum absolute atomic E-state index is 14.1. The molecule has 0 radical (unpaired) electrons. The van der Waals surface area contributed by atoms with Crippen LogP contribution in [0.5, 0.6) is 0 Å². The molecule has 4 amide bonds. The molecule has 3 saturated carbocycles. The van der Waals surface area contributed by atoms with Gasteiger partial charge in [0.1, 0.15) is 11.7 Å². The largest absolute Gasteiger partial charge is 0.453 e. The van der Waals surface area contributed by atoms with Gasteiger partial charge in [0.05, 0.1) is 12.5 Å². The Bertz CT molecular complexity index is 1470. The van der Waals surface area contributed by atoms with Crippen LogP contribution in [0.1, 0.15) is 87.7 Å². The van der Waals surface area contributed by atoms with Gasteiger partial charge in [-0.25, -0.2) is 4.79 Å². The van der Waals surface area contributed by atoms with E-state index in [2.05, 4.69) is 34.9 Å². The van der Waals surface area contributed by atoms with Gasteiger partial charge in [0, 0.05) is 38.6 Å². The number of benzene rings is 1. The van der Waals surface area contributed by atoms with E-state index in [1.54, 1.807) is 24.2 Å². The first-order valence-electron chi connectivity index (χ1n) is 16.8. The Balaban J connectivity index is 1.22. The van der Waals surface area contributed by atoms with Gasteiger partial charge >= 0.3 is 6.09 Å². The van der Waals surface area contributed by atoms with Crippen LogP contribution in [0.3, 0.4) is 0 Å². The van der Waals surface area contributed by atoms with Crippen molar-refractivity contribution in [1.29, 1.82) is 0 Å². The number of hydrogen-bond donors (Lipinski definition) is 3. The summed E-state index contributed by atoms with van der Waals surface area (Å²) in [5, 5.41) is 13.5. The van der Waals surface area contributed by atoms with Crippen LogP contribution in [0.25, 0.3) is 0 Å².